The molecule has 10 heavy (non-hydrogen) atoms. The summed E-state index contributed by atoms with van der Waals surface area (Å²) in [5.74, 6) is 0. The van der Waals surface area contributed by atoms with E-state index < -0.39 is 0 Å². The van der Waals surface area contributed by atoms with Gasteiger partial charge in [0.25, 0.3) is 0 Å². The average molecular weight is 159 g/mol. The minimum absolute atomic E-state index is 0.569. The van der Waals surface area contributed by atoms with Crippen molar-refractivity contribution >= 4 is 12.8 Å². The molecule has 2 aliphatic heterocycles. The molecule has 0 atom stereocenters. The first-order chi connectivity index (χ1) is 4.81. The number of ether oxygens (including phenoxy) is 1. The zero-order valence-corrected chi connectivity index (χ0v) is 6.94. The minimum Gasteiger partial charge on any atom is -0.380 e. The Hall–Kier alpha value is 0.270. The van der Waals surface area contributed by atoms with Crippen LogP contribution in [-0.4, -0.2) is 30.6 Å². The first kappa shape index (κ1) is 6.95. The second-order valence-corrected chi connectivity index (χ2v) is 4.01. The zero-order chi connectivity index (χ0) is 7.03. The van der Waals surface area contributed by atoms with Crippen LogP contribution in [0.4, 0.5) is 0 Å². The molecule has 2 aliphatic rings. The molecule has 2 fully saturated rings. The smallest absolute Gasteiger partial charge is 0.0545 e. The van der Waals surface area contributed by atoms with E-state index in [-0.39, 0.29) is 0 Å². The summed E-state index contributed by atoms with van der Waals surface area (Å²) in [5.41, 5.74) is 0.569. The molecule has 0 aliphatic carbocycles. The SMILES string of the molecule is SN1CCC2(CC1)COC2. The fraction of sp³-hybridized carbons (Fsp3) is 1.00. The van der Waals surface area contributed by atoms with Gasteiger partial charge in [-0.3, -0.25) is 4.31 Å². The predicted molar refractivity (Wildman–Crippen MR) is 43.0 cm³/mol. The molecule has 0 aromatic rings. The second kappa shape index (κ2) is 2.40. The molecule has 0 aromatic carbocycles. The average Bonchev–Trinajstić information content (AvgIpc) is 1.86. The summed E-state index contributed by atoms with van der Waals surface area (Å²) in [6, 6.07) is 0. The van der Waals surface area contributed by atoms with E-state index in [1.54, 1.807) is 0 Å². The minimum atomic E-state index is 0.569. The van der Waals surface area contributed by atoms with Gasteiger partial charge in [-0.1, -0.05) is 12.8 Å². The molecule has 2 saturated heterocycles. The van der Waals surface area contributed by atoms with Crippen molar-refractivity contribution in [3.63, 3.8) is 0 Å². The Morgan fingerprint density at radius 2 is 1.80 bits per heavy atom. The van der Waals surface area contributed by atoms with Gasteiger partial charge in [0.1, 0.15) is 0 Å². The van der Waals surface area contributed by atoms with E-state index in [9.17, 15) is 0 Å². The zero-order valence-electron chi connectivity index (χ0n) is 6.05. The van der Waals surface area contributed by atoms with Gasteiger partial charge in [-0.05, 0) is 12.8 Å². The first-order valence-electron chi connectivity index (χ1n) is 3.82. The Balaban J connectivity index is 1.90. The van der Waals surface area contributed by atoms with Gasteiger partial charge in [-0.2, -0.15) is 0 Å². The number of thiol groups is 1. The van der Waals surface area contributed by atoms with E-state index in [0.29, 0.717) is 5.41 Å². The number of piperidine rings is 1. The lowest BCUT2D eigenvalue weighted by Crippen LogP contribution is -2.48. The third-order valence-corrected chi connectivity index (χ3v) is 3.02. The molecule has 0 radical (unpaired) electrons. The molecule has 58 valence electrons. The van der Waals surface area contributed by atoms with Crippen molar-refractivity contribution in [3.8, 4) is 0 Å². The highest BCUT2D eigenvalue weighted by Gasteiger charge is 2.40. The van der Waals surface area contributed by atoms with Gasteiger partial charge in [0, 0.05) is 18.5 Å². The van der Waals surface area contributed by atoms with Crippen molar-refractivity contribution in [2.45, 2.75) is 12.8 Å². The van der Waals surface area contributed by atoms with Crippen LogP contribution in [0.15, 0.2) is 0 Å². The van der Waals surface area contributed by atoms with Crippen LogP contribution in [0.1, 0.15) is 12.8 Å². The Labute approximate surface area is 67.1 Å². The maximum atomic E-state index is 5.21. The van der Waals surface area contributed by atoms with Gasteiger partial charge in [0.15, 0.2) is 0 Å². The number of rotatable bonds is 0. The summed E-state index contributed by atoms with van der Waals surface area (Å²) in [6.45, 7) is 4.25. The molecule has 2 nitrogen and oxygen atoms in total. The van der Waals surface area contributed by atoms with Crippen LogP contribution in [0.3, 0.4) is 0 Å². The van der Waals surface area contributed by atoms with Crippen LogP contribution in [0.25, 0.3) is 0 Å². The van der Waals surface area contributed by atoms with Crippen molar-refractivity contribution in [1.29, 1.82) is 0 Å². The fourth-order valence-corrected chi connectivity index (χ4v) is 1.85. The van der Waals surface area contributed by atoms with Crippen LogP contribution in [0.2, 0.25) is 0 Å². The highest BCUT2D eigenvalue weighted by molar-refractivity contribution is 7.77. The van der Waals surface area contributed by atoms with E-state index in [1.165, 1.54) is 12.8 Å². The highest BCUT2D eigenvalue weighted by Crippen LogP contribution is 2.38. The topological polar surface area (TPSA) is 12.5 Å². The molecule has 0 unspecified atom stereocenters. The van der Waals surface area contributed by atoms with E-state index in [1.807, 2.05) is 0 Å². The van der Waals surface area contributed by atoms with Crippen molar-refractivity contribution in [2.75, 3.05) is 26.3 Å². The van der Waals surface area contributed by atoms with Crippen LogP contribution in [-0.2, 0) is 4.74 Å². The number of hydrogen-bond acceptors (Lipinski definition) is 3. The lowest BCUT2D eigenvalue weighted by Gasteiger charge is -2.46. The quantitative estimate of drug-likeness (QED) is 0.528. The Morgan fingerprint density at radius 1 is 1.20 bits per heavy atom. The third-order valence-electron chi connectivity index (χ3n) is 2.62. The third kappa shape index (κ3) is 1.06. The normalized spacial score (nSPS) is 32.1. The molecule has 0 N–H and O–H groups in total. The van der Waals surface area contributed by atoms with E-state index in [2.05, 4.69) is 17.1 Å². The Bertz CT molecular complexity index is 126. The van der Waals surface area contributed by atoms with E-state index in [4.69, 9.17) is 4.74 Å². The summed E-state index contributed by atoms with van der Waals surface area (Å²) < 4.78 is 7.31. The molecular formula is C7H13NOS. The lowest BCUT2D eigenvalue weighted by molar-refractivity contribution is -0.132. The number of hydrogen-bond donors (Lipinski definition) is 1. The van der Waals surface area contributed by atoms with Gasteiger partial charge in [0.2, 0.25) is 0 Å². The van der Waals surface area contributed by atoms with Crippen molar-refractivity contribution in [2.24, 2.45) is 5.41 Å². The highest BCUT2D eigenvalue weighted by atomic mass is 32.1. The summed E-state index contributed by atoms with van der Waals surface area (Å²) in [6.07, 6.45) is 2.55. The van der Waals surface area contributed by atoms with E-state index in [0.717, 1.165) is 26.3 Å². The summed E-state index contributed by atoms with van der Waals surface area (Å²) in [4.78, 5) is 0. The molecule has 0 bridgehead atoms. The molecule has 3 heteroatoms. The maximum absolute atomic E-state index is 5.21. The standard InChI is InChI=1S/C7H13NOS/c10-8-3-1-7(2-4-8)5-9-6-7/h10H,1-6H2. The van der Waals surface area contributed by atoms with Gasteiger partial charge in [-0.25, -0.2) is 0 Å². The van der Waals surface area contributed by atoms with Crippen LogP contribution < -0.4 is 0 Å². The molecule has 0 aromatic heterocycles. The Kier molecular flexibility index (Phi) is 1.66. The second-order valence-electron chi connectivity index (χ2n) is 3.45. The predicted octanol–water partition coefficient (Wildman–Crippen LogP) is 0.944. The van der Waals surface area contributed by atoms with Crippen LogP contribution in [0.5, 0.6) is 0 Å². The van der Waals surface area contributed by atoms with Gasteiger partial charge >= 0.3 is 0 Å². The van der Waals surface area contributed by atoms with Crippen molar-refractivity contribution < 1.29 is 4.74 Å². The maximum Gasteiger partial charge on any atom is 0.0545 e. The monoisotopic (exact) mass is 159 g/mol. The molecular weight excluding hydrogens is 146 g/mol. The number of nitrogens with zero attached hydrogens (tertiary/aromatic N) is 1. The molecule has 2 heterocycles. The molecule has 2 rings (SSSR count). The van der Waals surface area contributed by atoms with Gasteiger partial charge in [-0.15, -0.1) is 0 Å². The van der Waals surface area contributed by atoms with Crippen LogP contribution in [0, 0.1) is 5.41 Å². The van der Waals surface area contributed by atoms with E-state index >= 15 is 0 Å². The summed E-state index contributed by atoms with van der Waals surface area (Å²) in [7, 11) is 0. The summed E-state index contributed by atoms with van der Waals surface area (Å²) >= 11 is 4.29. The van der Waals surface area contributed by atoms with Crippen molar-refractivity contribution in [1.82, 2.24) is 4.31 Å². The summed E-state index contributed by atoms with van der Waals surface area (Å²) in [5, 5.41) is 0. The van der Waals surface area contributed by atoms with Gasteiger partial charge in [0.05, 0.1) is 13.2 Å². The van der Waals surface area contributed by atoms with Gasteiger partial charge < -0.3 is 4.74 Å². The largest absolute Gasteiger partial charge is 0.380 e. The fourth-order valence-electron chi connectivity index (χ4n) is 1.65. The molecule has 0 saturated carbocycles. The Morgan fingerprint density at radius 3 is 2.20 bits per heavy atom. The molecule has 1 spiro atoms. The molecule has 0 amide bonds. The first-order valence-corrected chi connectivity index (χ1v) is 4.22. The van der Waals surface area contributed by atoms with Crippen molar-refractivity contribution in [3.05, 3.63) is 0 Å². The lowest BCUT2D eigenvalue weighted by atomic mass is 9.77. The van der Waals surface area contributed by atoms with Crippen LogP contribution >= 0.6 is 12.8 Å².